The lowest BCUT2D eigenvalue weighted by atomic mass is 10.2. The number of rotatable bonds is 4. The van der Waals surface area contributed by atoms with Crippen LogP contribution in [0.2, 0.25) is 0 Å². The summed E-state index contributed by atoms with van der Waals surface area (Å²) in [6, 6.07) is 1.48. The van der Waals surface area contributed by atoms with Crippen molar-refractivity contribution in [3.63, 3.8) is 0 Å². The quantitative estimate of drug-likeness (QED) is 0.590. The molecule has 0 saturated heterocycles. The van der Waals surface area contributed by atoms with Gasteiger partial charge in [-0.3, -0.25) is 9.48 Å². The molecule has 3 nitrogen and oxygen atoms in total. The van der Waals surface area contributed by atoms with Gasteiger partial charge in [0.1, 0.15) is 5.69 Å². The molecule has 0 N–H and O–H groups in total. The van der Waals surface area contributed by atoms with Gasteiger partial charge in [-0.25, -0.2) is 0 Å². The topological polar surface area (TPSA) is 34.9 Å². The van der Waals surface area contributed by atoms with Crippen LogP contribution in [-0.4, -0.2) is 21.7 Å². The molecule has 0 unspecified atom stereocenters. The molecule has 0 atom stereocenters. The van der Waals surface area contributed by atoms with Crippen molar-refractivity contribution in [2.24, 2.45) is 0 Å². The molecule has 0 amide bonds. The number of hydrogen-bond acceptors (Lipinski definition) is 2. The number of aryl methyl sites for hydroxylation is 1. The number of carbonyl (C=O) groups excluding carboxylic acids is 1. The monoisotopic (exact) mass is 232 g/mol. The zero-order chi connectivity index (χ0) is 12.2. The molecular formula is C10H11F3N2O. The molecule has 1 heterocycles. The van der Waals surface area contributed by atoms with Gasteiger partial charge in [-0.15, -0.1) is 0 Å². The van der Waals surface area contributed by atoms with Crippen molar-refractivity contribution in [2.75, 3.05) is 0 Å². The van der Waals surface area contributed by atoms with Gasteiger partial charge >= 0.3 is 6.18 Å². The van der Waals surface area contributed by atoms with E-state index in [9.17, 15) is 18.0 Å². The van der Waals surface area contributed by atoms with Crippen molar-refractivity contribution in [1.82, 2.24) is 9.78 Å². The van der Waals surface area contributed by atoms with E-state index < -0.39 is 18.4 Å². The Morgan fingerprint density at radius 3 is 2.81 bits per heavy atom. The van der Waals surface area contributed by atoms with E-state index in [1.165, 1.54) is 16.9 Å². The van der Waals surface area contributed by atoms with Gasteiger partial charge in [-0.1, -0.05) is 6.08 Å². The van der Waals surface area contributed by atoms with Gasteiger partial charge in [0.25, 0.3) is 0 Å². The molecule has 6 heteroatoms. The SMILES string of the molecule is CCn1nccc1C(=O)/C=C/CC(F)(F)F. The summed E-state index contributed by atoms with van der Waals surface area (Å²) in [7, 11) is 0. The highest BCUT2D eigenvalue weighted by Crippen LogP contribution is 2.19. The Morgan fingerprint density at radius 2 is 2.25 bits per heavy atom. The number of ketones is 1. The van der Waals surface area contributed by atoms with Crippen LogP contribution in [0.4, 0.5) is 13.2 Å². The summed E-state index contributed by atoms with van der Waals surface area (Å²) in [4.78, 5) is 11.5. The molecule has 1 aromatic rings. The molecule has 1 aromatic heterocycles. The summed E-state index contributed by atoms with van der Waals surface area (Å²) in [5.41, 5.74) is 0.293. The van der Waals surface area contributed by atoms with E-state index in [4.69, 9.17) is 0 Å². The molecule has 1 rings (SSSR count). The third-order valence-electron chi connectivity index (χ3n) is 1.89. The molecule has 0 bridgehead atoms. The zero-order valence-corrected chi connectivity index (χ0v) is 8.66. The number of alkyl halides is 3. The molecule has 16 heavy (non-hydrogen) atoms. The number of carbonyl (C=O) groups is 1. The van der Waals surface area contributed by atoms with E-state index in [1.54, 1.807) is 6.92 Å². The zero-order valence-electron chi connectivity index (χ0n) is 8.66. The van der Waals surface area contributed by atoms with Crippen LogP contribution >= 0.6 is 0 Å². The first-order valence-electron chi connectivity index (χ1n) is 4.73. The number of allylic oxidation sites excluding steroid dienone is 2. The predicted molar refractivity (Wildman–Crippen MR) is 52.0 cm³/mol. The Labute approximate surface area is 90.6 Å². The summed E-state index contributed by atoms with van der Waals surface area (Å²) < 4.78 is 36.9. The van der Waals surface area contributed by atoms with E-state index in [0.717, 1.165) is 12.2 Å². The Balaban J connectivity index is 2.66. The number of aromatic nitrogens is 2. The average Bonchev–Trinajstić information content (AvgIpc) is 2.63. The summed E-state index contributed by atoms with van der Waals surface area (Å²) in [6.07, 6.45) is -2.19. The minimum atomic E-state index is -4.28. The largest absolute Gasteiger partial charge is 0.392 e. The smallest absolute Gasteiger partial charge is 0.288 e. The number of nitrogens with zero attached hydrogens (tertiary/aromatic N) is 2. The Kier molecular flexibility index (Phi) is 3.87. The molecule has 0 radical (unpaired) electrons. The van der Waals surface area contributed by atoms with Crippen LogP contribution in [0.25, 0.3) is 0 Å². The van der Waals surface area contributed by atoms with Gasteiger partial charge in [0.05, 0.1) is 6.42 Å². The molecule has 0 aliphatic rings. The normalized spacial score (nSPS) is 12.2. The predicted octanol–water partition coefficient (Wildman–Crippen LogP) is 2.59. The van der Waals surface area contributed by atoms with Crippen LogP contribution in [0.1, 0.15) is 23.8 Å². The van der Waals surface area contributed by atoms with Gasteiger partial charge in [0.15, 0.2) is 0 Å². The van der Waals surface area contributed by atoms with Crippen LogP contribution in [0, 0.1) is 0 Å². The highest BCUT2D eigenvalue weighted by Gasteiger charge is 2.24. The number of halogens is 3. The molecular weight excluding hydrogens is 221 g/mol. The maximum absolute atomic E-state index is 11.8. The summed E-state index contributed by atoms with van der Waals surface area (Å²) in [5, 5.41) is 3.85. The molecule has 0 aromatic carbocycles. The molecule has 0 aliphatic heterocycles. The van der Waals surface area contributed by atoms with E-state index >= 15 is 0 Å². The van der Waals surface area contributed by atoms with Crippen molar-refractivity contribution in [3.05, 3.63) is 30.1 Å². The highest BCUT2D eigenvalue weighted by molar-refractivity contribution is 6.03. The minimum Gasteiger partial charge on any atom is -0.288 e. The van der Waals surface area contributed by atoms with Gasteiger partial charge in [0, 0.05) is 12.7 Å². The molecule has 0 spiro atoms. The molecule has 88 valence electrons. The maximum atomic E-state index is 11.8. The van der Waals surface area contributed by atoms with Crippen molar-refractivity contribution >= 4 is 5.78 Å². The van der Waals surface area contributed by atoms with Gasteiger partial charge in [-0.05, 0) is 19.1 Å². The fourth-order valence-corrected chi connectivity index (χ4v) is 1.18. The van der Waals surface area contributed by atoms with Crippen molar-refractivity contribution in [2.45, 2.75) is 26.1 Å². The first-order chi connectivity index (χ1) is 7.44. The van der Waals surface area contributed by atoms with E-state index in [-0.39, 0.29) is 0 Å². The second kappa shape index (κ2) is 4.96. The van der Waals surface area contributed by atoms with E-state index in [2.05, 4.69) is 5.10 Å². The lowest BCUT2D eigenvalue weighted by molar-refractivity contribution is -0.125. The maximum Gasteiger partial charge on any atom is 0.392 e. The molecule has 0 aliphatic carbocycles. The Hall–Kier alpha value is -1.59. The summed E-state index contributed by atoms with van der Waals surface area (Å²) in [6.45, 7) is 2.30. The molecule has 0 saturated carbocycles. The van der Waals surface area contributed by atoms with Crippen LogP contribution in [-0.2, 0) is 6.54 Å². The minimum absolute atomic E-state index is 0.293. The van der Waals surface area contributed by atoms with E-state index in [0.29, 0.717) is 12.2 Å². The van der Waals surface area contributed by atoms with E-state index in [1.807, 2.05) is 0 Å². The second-order valence-corrected chi connectivity index (χ2v) is 3.12. The third-order valence-corrected chi connectivity index (χ3v) is 1.89. The first kappa shape index (κ1) is 12.5. The van der Waals surface area contributed by atoms with Crippen molar-refractivity contribution in [1.29, 1.82) is 0 Å². The van der Waals surface area contributed by atoms with Gasteiger partial charge in [0.2, 0.25) is 5.78 Å². The number of hydrogen-bond donors (Lipinski definition) is 0. The Morgan fingerprint density at radius 1 is 1.56 bits per heavy atom. The average molecular weight is 232 g/mol. The van der Waals surface area contributed by atoms with Crippen molar-refractivity contribution < 1.29 is 18.0 Å². The van der Waals surface area contributed by atoms with Crippen LogP contribution in [0.5, 0.6) is 0 Å². The molecule has 0 fully saturated rings. The first-order valence-corrected chi connectivity index (χ1v) is 4.73. The van der Waals surface area contributed by atoms with Crippen LogP contribution in [0.3, 0.4) is 0 Å². The summed E-state index contributed by atoms with van der Waals surface area (Å²) in [5.74, 6) is -0.469. The summed E-state index contributed by atoms with van der Waals surface area (Å²) >= 11 is 0. The lowest BCUT2D eigenvalue weighted by Crippen LogP contribution is -2.08. The fraction of sp³-hybridized carbons (Fsp3) is 0.400. The lowest BCUT2D eigenvalue weighted by Gasteiger charge is -2.01. The highest BCUT2D eigenvalue weighted by atomic mass is 19.4. The van der Waals surface area contributed by atoms with Crippen molar-refractivity contribution in [3.8, 4) is 0 Å². The second-order valence-electron chi connectivity index (χ2n) is 3.12. The fourth-order valence-electron chi connectivity index (χ4n) is 1.18. The van der Waals surface area contributed by atoms with Gasteiger partial charge in [-0.2, -0.15) is 18.3 Å². The third kappa shape index (κ3) is 3.52. The van der Waals surface area contributed by atoms with Crippen LogP contribution < -0.4 is 0 Å². The van der Waals surface area contributed by atoms with Crippen LogP contribution in [0.15, 0.2) is 24.4 Å². The van der Waals surface area contributed by atoms with Gasteiger partial charge < -0.3 is 0 Å². The standard InChI is InChI=1S/C10H11F3N2O/c1-2-15-8(5-7-14-15)9(16)4-3-6-10(11,12)13/h3-5,7H,2,6H2,1H3/b4-3+. The Bertz CT molecular complexity index is 393.